The van der Waals surface area contributed by atoms with Gasteiger partial charge in [-0.2, -0.15) is 0 Å². The van der Waals surface area contributed by atoms with E-state index in [4.69, 9.17) is 4.74 Å². The topological polar surface area (TPSA) is 72.8 Å². The van der Waals surface area contributed by atoms with Crippen LogP contribution in [0.5, 0.6) is 5.75 Å². The molecule has 6 nitrogen and oxygen atoms in total. The fraction of sp³-hybridized carbons (Fsp3) is 0.118. The number of nitrogens with one attached hydrogen (secondary N) is 1. The Labute approximate surface area is 131 Å². The van der Waals surface area contributed by atoms with Gasteiger partial charge >= 0.3 is 5.69 Å². The second kappa shape index (κ2) is 5.24. The van der Waals surface area contributed by atoms with E-state index in [0.29, 0.717) is 23.5 Å². The molecule has 0 unspecified atom stereocenters. The van der Waals surface area contributed by atoms with Crippen LogP contribution in [0.25, 0.3) is 27.6 Å². The smallest absolute Gasteiger partial charge is 0.332 e. The minimum absolute atomic E-state index is 0.243. The number of aromatic nitrogens is 4. The van der Waals surface area contributed by atoms with Crippen molar-refractivity contribution in [3.8, 4) is 11.4 Å². The van der Waals surface area contributed by atoms with E-state index in [9.17, 15) is 4.79 Å². The van der Waals surface area contributed by atoms with E-state index in [2.05, 4.69) is 15.0 Å². The molecule has 0 aliphatic heterocycles. The van der Waals surface area contributed by atoms with Crippen LogP contribution in [-0.2, 0) is 0 Å². The zero-order valence-corrected chi connectivity index (χ0v) is 12.5. The summed E-state index contributed by atoms with van der Waals surface area (Å²) >= 11 is 0. The van der Waals surface area contributed by atoms with Crippen LogP contribution in [0, 0.1) is 0 Å². The van der Waals surface area contributed by atoms with Crippen LogP contribution in [0.1, 0.15) is 6.92 Å². The Kier molecular flexibility index (Phi) is 3.08. The average molecular weight is 306 g/mol. The van der Waals surface area contributed by atoms with Crippen molar-refractivity contribution >= 4 is 21.9 Å². The first kappa shape index (κ1) is 13.5. The van der Waals surface area contributed by atoms with Crippen molar-refractivity contribution in [1.29, 1.82) is 0 Å². The molecule has 4 rings (SSSR count). The Morgan fingerprint density at radius 1 is 1.17 bits per heavy atom. The van der Waals surface area contributed by atoms with E-state index in [1.807, 2.05) is 31.2 Å². The van der Waals surface area contributed by atoms with Gasteiger partial charge in [0.25, 0.3) is 0 Å². The highest BCUT2D eigenvalue weighted by Gasteiger charge is 2.14. The molecule has 0 saturated heterocycles. The number of hydrogen-bond donors (Lipinski definition) is 1. The first-order valence-corrected chi connectivity index (χ1v) is 7.34. The maximum Gasteiger partial charge on any atom is 0.332 e. The largest absolute Gasteiger partial charge is 0.491 e. The quantitative estimate of drug-likeness (QED) is 0.631. The molecule has 0 radical (unpaired) electrons. The molecule has 4 aromatic rings. The number of nitrogens with zero attached hydrogens (tertiary/aromatic N) is 3. The van der Waals surface area contributed by atoms with Crippen molar-refractivity contribution in [2.24, 2.45) is 0 Å². The predicted molar refractivity (Wildman–Crippen MR) is 88.2 cm³/mol. The third-order valence-corrected chi connectivity index (χ3v) is 3.72. The predicted octanol–water partition coefficient (Wildman–Crippen LogP) is 2.66. The molecule has 0 atom stereocenters. The van der Waals surface area contributed by atoms with Gasteiger partial charge in [0.15, 0.2) is 5.65 Å². The first-order chi connectivity index (χ1) is 11.3. The van der Waals surface area contributed by atoms with Crippen molar-refractivity contribution in [3.05, 3.63) is 59.4 Å². The summed E-state index contributed by atoms with van der Waals surface area (Å²) in [6.07, 6.45) is 5.15. The molecule has 0 saturated carbocycles. The standard InChI is InChI=1S/C17H14N4O2/c1-2-23-14-6-8-19-16-15(14)21(17(22)20-16)13-4-3-12-10-18-7-5-11(12)9-13/h3-10H,2H2,1H3,(H,19,20,22). The van der Waals surface area contributed by atoms with Crippen molar-refractivity contribution in [1.82, 2.24) is 19.5 Å². The summed E-state index contributed by atoms with van der Waals surface area (Å²) in [4.78, 5) is 23.5. The molecule has 0 aliphatic rings. The van der Waals surface area contributed by atoms with Gasteiger partial charge in [0.1, 0.15) is 11.3 Å². The lowest BCUT2D eigenvalue weighted by molar-refractivity contribution is 0.343. The van der Waals surface area contributed by atoms with E-state index in [1.165, 1.54) is 0 Å². The molecule has 23 heavy (non-hydrogen) atoms. The molecular weight excluding hydrogens is 292 g/mol. The molecule has 0 fully saturated rings. The fourth-order valence-electron chi connectivity index (χ4n) is 2.73. The van der Waals surface area contributed by atoms with Gasteiger partial charge < -0.3 is 4.74 Å². The second-order valence-corrected chi connectivity index (χ2v) is 5.11. The van der Waals surface area contributed by atoms with Crippen molar-refractivity contribution in [2.75, 3.05) is 6.61 Å². The van der Waals surface area contributed by atoms with Gasteiger partial charge in [-0.05, 0) is 30.5 Å². The van der Waals surface area contributed by atoms with Crippen LogP contribution in [-0.4, -0.2) is 26.1 Å². The number of fused-ring (bicyclic) bond motifs is 2. The lowest BCUT2D eigenvalue weighted by Gasteiger charge is -2.09. The zero-order valence-electron chi connectivity index (χ0n) is 12.5. The minimum Gasteiger partial charge on any atom is -0.491 e. The Hall–Kier alpha value is -3.15. The lowest BCUT2D eigenvalue weighted by atomic mass is 10.1. The molecular formula is C17H14N4O2. The maximum atomic E-state index is 12.4. The summed E-state index contributed by atoms with van der Waals surface area (Å²) in [7, 11) is 0. The minimum atomic E-state index is -0.243. The van der Waals surface area contributed by atoms with E-state index in [0.717, 1.165) is 16.5 Å². The van der Waals surface area contributed by atoms with Gasteiger partial charge in [0.2, 0.25) is 0 Å². The number of H-pyrrole nitrogens is 1. The number of pyridine rings is 2. The summed E-state index contributed by atoms with van der Waals surface area (Å²) in [6, 6.07) is 9.47. The van der Waals surface area contributed by atoms with E-state index in [1.54, 1.807) is 29.2 Å². The number of imidazole rings is 1. The molecule has 0 bridgehead atoms. The summed E-state index contributed by atoms with van der Waals surface area (Å²) < 4.78 is 7.24. The van der Waals surface area contributed by atoms with E-state index >= 15 is 0 Å². The molecule has 114 valence electrons. The van der Waals surface area contributed by atoms with Crippen LogP contribution < -0.4 is 10.4 Å². The van der Waals surface area contributed by atoms with Crippen LogP contribution in [0.3, 0.4) is 0 Å². The van der Waals surface area contributed by atoms with Crippen LogP contribution in [0.2, 0.25) is 0 Å². The Morgan fingerprint density at radius 2 is 2.09 bits per heavy atom. The van der Waals surface area contributed by atoms with Gasteiger partial charge in [-0.1, -0.05) is 6.07 Å². The monoisotopic (exact) mass is 306 g/mol. The highest BCUT2D eigenvalue weighted by atomic mass is 16.5. The fourth-order valence-corrected chi connectivity index (χ4v) is 2.73. The Balaban J connectivity index is 2.03. The number of rotatable bonds is 3. The molecule has 0 aliphatic carbocycles. The van der Waals surface area contributed by atoms with Gasteiger partial charge in [0, 0.05) is 30.0 Å². The van der Waals surface area contributed by atoms with Gasteiger partial charge in [-0.15, -0.1) is 0 Å². The highest BCUT2D eigenvalue weighted by molar-refractivity contribution is 5.85. The third kappa shape index (κ3) is 2.15. The summed E-state index contributed by atoms with van der Waals surface area (Å²) in [5.74, 6) is 0.630. The number of ether oxygens (including phenoxy) is 1. The van der Waals surface area contributed by atoms with E-state index < -0.39 is 0 Å². The first-order valence-electron chi connectivity index (χ1n) is 7.34. The highest BCUT2D eigenvalue weighted by Crippen LogP contribution is 2.25. The summed E-state index contributed by atoms with van der Waals surface area (Å²) in [5, 5.41) is 2.04. The number of benzene rings is 1. The van der Waals surface area contributed by atoms with Gasteiger partial charge in [0.05, 0.1) is 12.3 Å². The average Bonchev–Trinajstić information content (AvgIpc) is 2.91. The van der Waals surface area contributed by atoms with Gasteiger partial charge in [-0.3, -0.25) is 14.5 Å². The summed E-state index contributed by atoms with van der Waals surface area (Å²) in [5.41, 5.74) is 1.67. The number of aromatic amines is 1. The molecule has 1 aromatic carbocycles. The van der Waals surface area contributed by atoms with Crippen molar-refractivity contribution in [2.45, 2.75) is 6.92 Å². The van der Waals surface area contributed by atoms with Crippen molar-refractivity contribution < 1.29 is 4.74 Å². The lowest BCUT2D eigenvalue weighted by Crippen LogP contribution is -2.14. The summed E-state index contributed by atoms with van der Waals surface area (Å²) in [6.45, 7) is 2.42. The van der Waals surface area contributed by atoms with Crippen LogP contribution in [0.4, 0.5) is 0 Å². The van der Waals surface area contributed by atoms with Crippen molar-refractivity contribution in [3.63, 3.8) is 0 Å². The SMILES string of the molecule is CCOc1ccnc2[nH]c(=O)n(-c3ccc4cnccc4c3)c12. The molecule has 3 aromatic heterocycles. The molecule has 6 heteroatoms. The third-order valence-electron chi connectivity index (χ3n) is 3.72. The van der Waals surface area contributed by atoms with Crippen LogP contribution in [0.15, 0.2) is 53.7 Å². The molecule has 1 N–H and O–H groups in total. The molecule has 0 amide bonds. The van der Waals surface area contributed by atoms with E-state index in [-0.39, 0.29) is 5.69 Å². The van der Waals surface area contributed by atoms with Crippen LogP contribution >= 0.6 is 0 Å². The zero-order chi connectivity index (χ0) is 15.8. The normalized spacial score (nSPS) is 11.2. The van der Waals surface area contributed by atoms with Gasteiger partial charge in [-0.25, -0.2) is 9.78 Å². The Bertz CT molecular complexity index is 1070. The Morgan fingerprint density at radius 3 is 2.96 bits per heavy atom. The number of hydrogen-bond acceptors (Lipinski definition) is 4. The molecule has 3 heterocycles. The molecule has 0 spiro atoms. The second-order valence-electron chi connectivity index (χ2n) is 5.11. The maximum absolute atomic E-state index is 12.4.